The maximum atomic E-state index is 12.6. The van der Waals surface area contributed by atoms with E-state index in [4.69, 9.17) is 9.47 Å². The molecule has 0 fully saturated rings. The number of methoxy groups -OCH3 is 1. The number of halogens is 1. The number of nitrogens with zero attached hydrogens (tertiary/aromatic N) is 1. The predicted octanol–water partition coefficient (Wildman–Crippen LogP) is 4.14. The number of rotatable bonds is 8. The molecule has 0 aliphatic heterocycles. The van der Waals surface area contributed by atoms with Gasteiger partial charge in [0, 0.05) is 24.3 Å². The minimum Gasteiger partial charge on any atom is -0.493 e. The van der Waals surface area contributed by atoms with Crippen molar-refractivity contribution in [1.29, 1.82) is 0 Å². The van der Waals surface area contributed by atoms with Crippen molar-refractivity contribution < 1.29 is 22.7 Å². The number of nitrogens with one attached hydrogen (secondary N) is 1. The first kappa shape index (κ1) is 23.2. The van der Waals surface area contributed by atoms with Crippen LogP contribution in [0.15, 0.2) is 45.8 Å². The van der Waals surface area contributed by atoms with E-state index in [1.54, 1.807) is 38.1 Å². The van der Waals surface area contributed by atoms with Gasteiger partial charge in [-0.1, -0.05) is 0 Å². The van der Waals surface area contributed by atoms with E-state index in [1.807, 2.05) is 6.92 Å². The summed E-state index contributed by atoms with van der Waals surface area (Å²) in [6.45, 7) is 5.92. The normalized spacial score (nSPS) is 11.6. The molecule has 0 saturated heterocycles. The lowest BCUT2D eigenvalue weighted by Gasteiger charge is -2.21. The van der Waals surface area contributed by atoms with Crippen LogP contribution in [0.5, 0.6) is 11.5 Å². The molecule has 2 rings (SSSR count). The summed E-state index contributed by atoms with van der Waals surface area (Å²) in [6.07, 6.45) is 0. The average Bonchev–Trinajstić information content (AvgIpc) is 2.69. The van der Waals surface area contributed by atoms with E-state index in [2.05, 4.69) is 21.2 Å². The molecule has 1 N–H and O–H groups in total. The molecule has 0 bridgehead atoms. The van der Waals surface area contributed by atoms with Gasteiger partial charge >= 0.3 is 0 Å². The van der Waals surface area contributed by atoms with Gasteiger partial charge in [0.25, 0.3) is 5.91 Å². The van der Waals surface area contributed by atoms with Crippen LogP contribution in [0.4, 0.5) is 5.69 Å². The molecule has 0 unspecified atom stereocenters. The van der Waals surface area contributed by atoms with E-state index in [9.17, 15) is 13.2 Å². The summed E-state index contributed by atoms with van der Waals surface area (Å²) in [6, 6.07) is 9.12. The third-order valence-corrected chi connectivity index (χ3v) is 6.93. The van der Waals surface area contributed by atoms with E-state index in [1.165, 1.54) is 30.6 Å². The molecular formula is C20H25BrN2O5S. The number of anilines is 1. The van der Waals surface area contributed by atoms with Crippen molar-refractivity contribution in [3.05, 3.63) is 46.4 Å². The number of benzene rings is 2. The zero-order chi connectivity index (χ0) is 21.8. The minimum absolute atomic E-state index is 0.160. The van der Waals surface area contributed by atoms with E-state index in [0.29, 0.717) is 33.8 Å². The Balaban J connectivity index is 2.23. The molecule has 0 spiro atoms. The number of carbonyl (C=O) groups is 1. The van der Waals surface area contributed by atoms with Crippen LogP contribution in [0.2, 0.25) is 0 Å². The fraction of sp³-hybridized carbons (Fsp3) is 0.350. The molecule has 2 aromatic rings. The van der Waals surface area contributed by atoms with Crippen LogP contribution >= 0.6 is 15.9 Å². The van der Waals surface area contributed by atoms with Crippen LogP contribution in [0, 0.1) is 0 Å². The topological polar surface area (TPSA) is 84.9 Å². The van der Waals surface area contributed by atoms with Gasteiger partial charge in [-0.2, -0.15) is 4.31 Å². The SMILES string of the molecule is CCOc1c(Br)cc(C(=O)Nc2ccc(S(=O)(=O)N(C)C(C)C)cc2)cc1OC. The molecule has 29 heavy (non-hydrogen) atoms. The maximum absolute atomic E-state index is 12.6. The first-order chi connectivity index (χ1) is 13.6. The summed E-state index contributed by atoms with van der Waals surface area (Å²) >= 11 is 3.39. The molecule has 158 valence electrons. The minimum atomic E-state index is -3.58. The summed E-state index contributed by atoms with van der Waals surface area (Å²) < 4.78 is 37.8. The van der Waals surface area contributed by atoms with Crippen molar-refractivity contribution >= 4 is 37.5 Å². The van der Waals surface area contributed by atoms with Gasteiger partial charge in [-0.3, -0.25) is 4.79 Å². The number of amides is 1. The molecule has 7 nitrogen and oxygen atoms in total. The monoisotopic (exact) mass is 484 g/mol. The third-order valence-electron chi connectivity index (χ3n) is 4.30. The number of carbonyl (C=O) groups excluding carboxylic acids is 1. The fourth-order valence-electron chi connectivity index (χ4n) is 2.49. The molecule has 0 aliphatic carbocycles. The summed E-state index contributed by atoms with van der Waals surface area (Å²) in [5.41, 5.74) is 0.846. The molecule has 1 amide bonds. The standard InChI is InChI=1S/C20H25BrN2O5S/c1-6-28-19-17(21)11-14(12-18(19)27-5)20(24)22-15-7-9-16(10-8-15)29(25,26)23(4)13(2)3/h7-13H,6H2,1-5H3,(H,22,24). The molecule has 0 atom stereocenters. The van der Waals surface area contributed by atoms with Gasteiger partial charge < -0.3 is 14.8 Å². The van der Waals surface area contributed by atoms with Gasteiger partial charge in [-0.15, -0.1) is 0 Å². The van der Waals surface area contributed by atoms with E-state index in [-0.39, 0.29) is 16.8 Å². The Morgan fingerprint density at radius 1 is 1.21 bits per heavy atom. The maximum Gasteiger partial charge on any atom is 0.255 e. The number of ether oxygens (including phenoxy) is 2. The highest BCUT2D eigenvalue weighted by molar-refractivity contribution is 9.10. The van der Waals surface area contributed by atoms with Crippen molar-refractivity contribution in [2.45, 2.75) is 31.7 Å². The van der Waals surface area contributed by atoms with Crippen LogP contribution in [-0.2, 0) is 10.0 Å². The van der Waals surface area contributed by atoms with E-state index in [0.717, 1.165) is 0 Å². The van der Waals surface area contributed by atoms with Crippen molar-refractivity contribution in [3.63, 3.8) is 0 Å². The smallest absolute Gasteiger partial charge is 0.255 e. The van der Waals surface area contributed by atoms with Gasteiger partial charge in [0.2, 0.25) is 10.0 Å². The Bertz CT molecular complexity index is 975. The fourth-order valence-corrected chi connectivity index (χ4v) is 4.42. The summed E-state index contributed by atoms with van der Waals surface area (Å²) in [7, 11) is -0.543. The second-order valence-corrected chi connectivity index (χ2v) is 9.37. The number of hydrogen-bond acceptors (Lipinski definition) is 5. The predicted molar refractivity (Wildman–Crippen MR) is 116 cm³/mol. The number of hydrogen-bond donors (Lipinski definition) is 1. The summed E-state index contributed by atoms with van der Waals surface area (Å²) in [5.74, 6) is 0.599. The lowest BCUT2D eigenvalue weighted by atomic mass is 10.2. The zero-order valence-electron chi connectivity index (χ0n) is 17.0. The lowest BCUT2D eigenvalue weighted by Crippen LogP contribution is -2.33. The Hall–Kier alpha value is -2.10. The van der Waals surface area contributed by atoms with Crippen molar-refractivity contribution in [2.75, 3.05) is 26.1 Å². The second-order valence-electron chi connectivity index (χ2n) is 6.52. The first-order valence-corrected chi connectivity index (χ1v) is 11.2. The molecule has 0 radical (unpaired) electrons. The van der Waals surface area contributed by atoms with Crippen LogP contribution in [0.3, 0.4) is 0 Å². The van der Waals surface area contributed by atoms with E-state index < -0.39 is 10.0 Å². The Morgan fingerprint density at radius 3 is 2.34 bits per heavy atom. The van der Waals surface area contributed by atoms with Crippen molar-refractivity contribution in [3.8, 4) is 11.5 Å². The lowest BCUT2D eigenvalue weighted by molar-refractivity contribution is 0.102. The highest BCUT2D eigenvalue weighted by Crippen LogP contribution is 2.36. The van der Waals surface area contributed by atoms with Gasteiger partial charge in [0.1, 0.15) is 0 Å². The average molecular weight is 485 g/mol. The van der Waals surface area contributed by atoms with Gasteiger partial charge in [-0.05, 0) is 73.1 Å². The van der Waals surface area contributed by atoms with Crippen LogP contribution < -0.4 is 14.8 Å². The van der Waals surface area contributed by atoms with Crippen molar-refractivity contribution in [1.82, 2.24) is 4.31 Å². The third kappa shape index (κ3) is 5.29. The van der Waals surface area contributed by atoms with Gasteiger partial charge in [0.15, 0.2) is 11.5 Å². The molecule has 9 heteroatoms. The number of sulfonamides is 1. The highest BCUT2D eigenvalue weighted by Gasteiger charge is 2.23. The Kier molecular flexibility index (Phi) is 7.67. The van der Waals surface area contributed by atoms with E-state index >= 15 is 0 Å². The molecule has 0 saturated carbocycles. The van der Waals surface area contributed by atoms with Crippen LogP contribution in [0.1, 0.15) is 31.1 Å². The summed E-state index contributed by atoms with van der Waals surface area (Å²) in [5, 5.41) is 2.75. The van der Waals surface area contributed by atoms with Gasteiger partial charge in [-0.25, -0.2) is 8.42 Å². The van der Waals surface area contributed by atoms with Crippen LogP contribution in [-0.4, -0.2) is 45.4 Å². The highest BCUT2D eigenvalue weighted by atomic mass is 79.9. The quantitative estimate of drug-likeness (QED) is 0.608. The largest absolute Gasteiger partial charge is 0.493 e. The molecule has 0 heterocycles. The van der Waals surface area contributed by atoms with Crippen LogP contribution in [0.25, 0.3) is 0 Å². The molecular weight excluding hydrogens is 460 g/mol. The first-order valence-electron chi connectivity index (χ1n) is 9.01. The Morgan fingerprint density at radius 2 is 1.83 bits per heavy atom. The second kappa shape index (κ2) is 9.60. The molecule has 0 aliphatic rings. The molecule has 0 aromatic heterocycles. The Labute approximate surface area is 180 Å². The van der Waals surface area contributed by atoms with Gasteiger partial charge in [0.05, 0.1) is 23.1 Å². The zero-order valence-corrected chi connectivity index (χ0v) is 19.4. The molecule has 2 aromatic carbocycles. The summed E-state index contributed by atoms with van der Waals surface area (Å²) in [4.78, 5) is 12.8. The van der Waals surface area contributed by atoms with Crippen molar-refractivity contribution in [2.24, 2.45) is 0 Å².